The molecule has 1 rings (SSSR count). The third kappa shape index (κ3) is 2.51. The molecule has 0 spiro atoms. The van der Waals surface area contributed by atoms with Crippen LogP contribution in [0, 0.1) is 0 Å². The molecule has 18 heavy (non-hydrogen) atoms. The smallest absolute Gasteiger partial charge is 0.308 e. The third-order valence-electron chi connectivity index (χ3n) is 4.11. The maximum Gasteiger partial charge on any atom is 0.325 e. The molecule has 1 aliphatic heterocycles. The summed E-state index contributed by atoms with van der Waals surface area (Å²) in [7, 11) is 0. The summed E-state index contributed by atoms with van der Waals surface area (Å²) in [4.78, 5) is 27.8. The van der Waals surface area contributed by atoms with Crippen LogP contribution in [0.1, 0.15) is 40.5 Å². The van der Waals surface area contributed by atoms with Gasteiger partial charge in [0.05, 0.1) is 0 Å². The Morgan fingerprint density at radius 1 is 1.11 bits per heavy atom. The van der Waals surface area contributed by atoms with Gasteiger partial charge < -0.3 is 9.80 Å². The van der Waals surface area contributed by atoms with Crippen LogP contribution in [-0.2, 0) is 4.79 Å². The highest BCUT2D eigenvalue weighted by Gasteiger charge is 2.49. The van der Waals surface area contributed by atoms with E-state index in [1.807, 2.05) is 13.8 Å². The Morgan fingerprint density at radius 2 is 1.67 bits per heavy atom. The zero-order chi connectivity index (χ0) is 13.8. The van der Waals surface area contributed by atoms with Crippen LogP contribution in [0.25, 0.3) is 0 Å². The number of nitrogens with zero attached hydrogens (tertiary/aromatic N) is 2. The molecule has 0 bridgehead atoms. The monoisotopic (exact) mass is 255 g/mol. The average molecular weight is 255 g/mol. The quantitative estimate of drug-likeness (QED) is 0.700. The van der Waals surface area contributed by atoms with Crippen LogP contribution in [0.15, 0.2) is 0 Å². The molecular weight excluding hydrogens is 230 g/mol. The number of carbonyl (C=O) groups is 2. The molecule has 5 heteroatoms. The minimum absolute atomic E-state index is 0.142. The van der Waals surface area contributed by atoms with Crippen LogP contribution in [0.2, 0.25) is 0 Å². The van der Waals surface area contributed by atoms with E-state index in [-0.39, 0.29) is 11.9 Å². The number of carbonyl (C=O) groups excluding carboxylic acids is 2. The number of imide groups is 1. The SMILES string of the molecule is CCN(CC)CCN1C(=O)NC(=O)C1(CC)CC. The molecule has 5 nitrogen and oxygen atoms in total. The summed E-state index contributed by atoms with van der Waals surface area (Å²) in [6.45, 7) is 11.5. The van der Waals surface area contributed by atoms with Crippen molar-refractivity contribution in [2.45, 2.75) is 46.1 Å². The fourth-order valence-corrected chi connectivity index (χ4v) is 2.65. The summed E-state index contributed by atoms with van der Waals surface area (Å²) < 4.78 is 0. The first-order chi connectivity index (χ1) is 8.55. The number of urea groups is 1. The summed E-state index contributed by atoms with van der Waals surface area (Å²) in [5.41, 5.74) is -0.635. The second kappa shape index (κ2) is 6.18. The van der Waals surface area contributed by atoms with Crippen molar-refractivity contribution in [3.8, 4) is 0 Å². The maximum absolute atomic E-state index is 12.0. The molecule has 0 aromatic heterocycles. The molecule has 1 aliphatic rings. The third-order valence-corrected chi connectivity index (χ3v) is 4.11. The van der Waals surface area contributed by atoms with Crippen molar-refractivity contribution in [3.05, 3.63) is 0 Å². The lowest BCUT2D eigenvalue weighted by molar-refractivity contribution is -0.127. The van der Waals surface area contributed by atoms with Gasteiger partial charge in [-0.25, -0.2) is 4.79 Å². The van der Waals surface area contributed by atoms with Crippen LogP contribution in [0.5, 0.6) is 0 Å². The van der Waals surface area contributed by atoms with Gasteiger partial charge in [-0.05, 0) is 25.9 Å². The number of nitrogens with one attached hydrogen (secondary N) is 1. The number of hydrogen-bond acceptors (Lipinski definition) is 3. The van der Waals surface area contributed by atoms with Crippen molar-refractivity contribution in [2.75, 3.05) is 26.2 Å². The molecule has 1 saturated heterocycles. The van der Waals surface area contributed by atoms with Gasteiger partial charge in [-0.1, -0.05) is 27.7 Å². The summed E-state index contributed by atoms with van der Waals surface area (Å²) >= 11 is 0. The lowest BCUT2D eigenvalue weighted by atomic mass is 9.91. The first kappa shape index (κ1) is 15.0. The van der Waals surface area contributed by atoms with Crippen molar-refractivity contribution in [1.82, 2.24) is 15.1 Å². The van der Waals surface area contributed by atoms with E-state index in [1.54, 1.807) is 4.90 Å². The molecule has 1 fully saturated rings. The molecule has 0 aromatic rings. The minimum atomic E-state index is -0.635. The summed E-state index contributed by atoms with van der Waals surface area (Å²) in [5.74, 6) is -0.142. The standard InChI is InChI=1S/C13H25N3O2/c1-5-13(6-2)11(17)14-12(18)16(13)10-9-15(7-3)8-4/h5-10H2,1-4H3,(H,14,17,18). The van der Waals surface area contributed by atoms with E-state index < -0.39 is 5.54 Å². The lowest BCUT2D eigenvalue weighted by Crippen LogP contribution is -2.51. The van der Waals surface area contributed by atoms with E-state index in [0.29, 0.717) is 19.4 Å². The van der Waals surface area contributed by atoms with E-state index in [1.165, 1.54) is 0 Å². The van der Waals surface area contributed by atoms with Gasteiger partial charge in [0, 0.05) is 13.1 Å². The number of likely N-dealkylation sites (N-methyl/N-ethyl adjacent to an activating group) is 1. The zero-order valence-electron chi connectivity index (χ0n) is 12.0. The topological polar surface area (TPSA) is 52.6 Å². The molecule has 0 saturated carbocycles. The Balaban J connectivity index is 2.77. The highest BCUT2D eigenvalue weighted by Crippen LogP contribution is 2.28. The molecule has 0 aromatic carbocycles. The largest absolute Gasteiger partial charge is 0.325 e. The van der Waals surface area contributed by atoms with E-state index in [0.717, 1.165) is 19.6 Å². The van der Waals surface area contributed by atoms with Gasteiger partial charge in [0.15, 0.2) is 0 Å². The molecule has 0 aliphatic carbocycles. The molecule has 0 radical (unpaired) electrons. The molecule has 1 N–H and O–H groups in total. The zero-order valence-corrected chi connectivity index (χ0v) is 12.0. The predicted octanol–water partition coefficient (Wildman–Crippen LogP) is 1.44. The number of hydrogen-bond donors (Lipinski definition) is 1. The first-order valence-corrected chi connectivity index (χ1v) is 6.91. The van der Waals surface area contributed by atoms with Gasteiger partial charge in [0.1, 0.15) is 5.54 Å². The average Bonchev–Trinajstić information content (AvgIpc) is 2.62. The van der Waals surface area contributed by atoms with E-state index >= 15 is 0 Å². The molecule has 3 amide bonds. The highest BCUT2D eigenvalue weighted by molar-refractivity contribution is 6.06. The maximum atomic E-state index is 12.0. The first-order valence-electron chi connectivity index (χ1n) is 6.91. The van der Waals surface area contributed by atoms with Crippen LogP contribution in [-0.4, -0.2) is 53.5 Å². The normalized spacial score (nSPS) is 18.6. The van der Waals surface area contributed by atoms with Gasteiger partial charge >= 0.3 is 6.03 Å². The number of amides is 3. The molecular formula is C13H25N3O2. The van der Waals surface area contributed by atoms with Gasteiger partial charge in [-0.15, -0.1) is 0 Å². The Bertz CT molecular complexity index is 309. The van der Waals surface area contributed by atoms with E-state index in [2.05, 4.69) is 24.1 Å². The molecule has 0 unspecified atom stereocenters. The predicted molar refractivity (Wildman–Crippen MR) is 71.3 cm³/mol. The molecule has 1 heterocycles. The van der Waals surface area contributed by atoms with Crippen molar-refractivity contribution < 1.29 is 9.59 Å². The van der Waals surface area contributed by atoms with Crippen LogP contribution in [0.3, 0.4) is 0 Å². The summed E-state index contributed by atoms with van der Waals surface area (Å²) in [6.07, 6.45) is 1.33. The lowest BCUT2D eigenvalue weighted by Gasteiger charge is -2.34. The Hall–Kier alpha value is -1.10. The van der Waals surface area contributed by atoms with Crippen LogP contribution in [0.4, 0.5) is 4.79 Å². The van der Waals surface area contributed by atoms with Gasteiger partial charge in [-0.3, -0.25) is 10.1 Å². The molecule has 104 valence electrons. The van der Waals surface area contributed by atoms with Gasteiger partial charge in [0.2, 0.25) is 0 Å². The number of rotatable bonds is 7. The Morgan fingerprint density at radius 3 is 2.11 bits per heavy atom. The van der Waals surface area contributed by atoms with E-state index in [4.69, 9.17) is 0 Å². The van der Waals surface area contributed by atoms with Crippen LogP contribution < -0.4 is 5.32 Å². The minimum Gasteiger partial charge on any atom is -0.308 e. The summed E-state index contributed by atoms with van der Waals surface area (Å²) in [5, 5.41) is 2.45. The van der Waals surface area contributed by atoms with Crippen molar-refractivity contribution in [1.29, 1.82) is 0 Å². The van der Waals surface area contributed by atoms with Crippen molar-refractivity contribution in [3.63, 3.8) is 0 Å². The second-order valence-corrected chi connectivity index (χ2v) is 4.68. The fraction of sp³-hybridized carbons (Fsp3) is 0.846. The fourth-order valence-electron chi connectivity index (χ4n) is 2.65. The van der Waals surface area contributed by atoms with Crippen molar-refractivity contribution >= 4 is 11.9 Å². The summed E-state index contributed by atoms with van der Waals surface area (Å²) in [6, 6.07) is -0.240. The Labute approximate surface area is 110 Å². The van der Waals surface area contributed by atoms with Gasteiger partial charge in [-0.2, -0.15) is 0 Å². The van der Waals surface area contributed by atoms with Gasteiger partial charge in [0.25, 0.3) is 5.91 Å². The van der Waals surface area contributed by atoms with Crippen molar-refractivity contribution in [2.24, 2.45) is 0 Å². The molecule has 0 atom stereocenters. The Kier molecular flexibility index (Phi) is 5.14. The second-order valence-electron chi connectivity index (χ2n) is 4.68. The van der Waals surface area contributed by atoms with Crippen LogP contribution >= 0.6 is 0 Å². The highest BCUT2D eigenvalue weighted by atomic mass is 16.2. The van der Waals surface area contributed by atoms with E-state index in [9.17, 15) is 9.59 Å².